The van der Waals surface area contributed by atoms with Gasteiger partial charge in [-0.15, -0.1) is 0 Å². The number of esters is 1. The van der Waals surface area contributed by atoms with Crippen molar-refractivity contribution in [2.75, 3.05) is 7.11 Å². The highest BCUT2D eigenvalue weighted by molar-refractivity contribution is 5.87. The largest absolute Gasteiger partial charge is 0.466 e. The Labute approximate surface area is 88.8 Å². The Bertz CT molecular complexity index is 393. The van der Waals surface area contributed by atoms with Crippen molar-refractivity contribution in [3.63, 3.8) is 0 Å². The topological polar surface area (TPSA) is 57.0 Å². The Balaban J connectivity index is 2.71. The maximum absolute atomic E-state index is 11.1. The number of hydrogen-bond donors (Lipinski definition) is 0. The maximum Gasteiger partial charge on any atom is 0.333 e. The normalized spacial score (nSPS) is 11.6. The standard InChI is InChI=1S/C10H15N3O2/c1-7(10(14)15-4)5-6-13-9(3)11-8(2)12-13/h5H,6H2,1-4H3. The summed E-state index contributed by atoms with van der Waals surface area (Å²) < 4.78 is 6.32. The molecule has 0 N–H and O–H groups in total. The molecule has 0 unspecified atom stereocenters. The number of aromatic nitrogens is 3. The fraction of sp³-hybridized carbons (Fsp3) is 0.500. The zero-order valence-electron chi connectivity index (χ0n) is 9.44. The van der Waals surface area contributed by atoms with E-state index in [1.165, 1.54) is 7.11 Å². The van der Waals surface area contributed by atoms with Crippen molar-refractivity contribution in [2.24, 2.45) is 0 Å². The van der Waals surface area contributed by atoms with Crippen LogP contribution in [0.1, 0.15) is 18.6 Å². The number of allylic oxidation sites excluding steroid dienone is 1. The minimum Gasteiger partial charge on any atom is -0.466 e. The van der Waals surface area contributed by atoms with Crippen molar-refractivity contribution in [3.05, 3.63) is 23.3 Å². The molecule has 0 amide bonds. The van der Waals surface area contributed by atoms with E-state index in [-0.39, 0.29) is 5.97 Å². The van der Waals surface area contributed by atoms with Crippen LogP contribution < -0.4 is 0 Å². The fourth-order valence-corrected chi connectivity index (χ4v) is 1.20. The SMILES string of the molecule is COC(=O)C(C)=CCn1nc(C)nc1C. The highest BCUT2D eigenvalue weighted by atomic mass is 16.5. The zero-order chi connectivity index (χ0) is 11.4. The second kappa shape index (κ2) is 4.72. The Morgan fingerprint density at radius 1 is 1.53 bits per heavy atom. The van der Waals surface area contributed by atoms with Gasteiger partial charge in [0, 0.05) is 5.57 Å². The number of hydrogen-bond acceptors (Lipinski definition) is 4. The number of ether oxygens (including phenoxy) is 1. The van der Waals surface area contributed by atoms with Crippen molar-refractivity contribution in [1.29, 1.82) is 0 Å². The van der Waals surface area contributed by atoms with Crippen molar-refractivity contribution in [2.45, 2.75) is 27.3 Å². The number of carbonyl (C=O) groups excluding carboxylic acids is 1. The summed E-state index contributed by atoms with van der Waals surface area (Å²) in [6, 6.07) is 0. The molecule has 0 aliphatic rings. The van der Waals surface area contributed by atoms with Gasteiger partial charge in [-0.2, -0.15) is 5.10 Å². The Hall–Kier alpha value is -1.65. The highest BCUT2D eigenvalue weighted by Crippen LogP contribution is 2.00. The predicted molar refractivity (Wildman–Crippen MR) is 55.3 cm³/mol. The lowest BCUT2D eigenvalue weighted by atomic mass is 10.3. The van der Waals surface area contributed by atoms with Crippen LogP contribution in [0.2, 0.25) is 0 Å². The molecule has 0 aliphatic heterocycles. The molecule has 5 heteroatoms. The third-order valence-electron chi connectivity index (χ3n) is 2.04. The minimum absolute atomic E-state index is 0.315. The number of aryl methyl sites for hydroxylation is 2. The van der Waals surface area contributed by atoms with Crippen LogP contribution in [0.5, 0.6) is 0 Å². The molecule has 1 heterocycles. The molecule has 1 aromatic rings. The van der Waals surface area contributed by atoms with Crippen LogP contribution in [0.4, 0.5) is 0 Å². The van der Waals surface area contributed by atoms with E-state index in [0.717, 1.165) is 11.6 Å². The molecule has 0 saturated carbocycles. The van der Waals surface area contributed by atoms with E-state index in [4.69, 9.17) is 0 Å². The molecule has 1 aromatic heterocycles. The third kappa shape index (κ3) is 2.90. The monoisotopic (exact) mass is 209 g/mol. The second-order valence-electron chi connectivity index (χ2n) is 3.27. The molecular formula is C10H15N3O2. The first kappa shape index (κ1) is 11.4. The quantitative estimate of drug-likeness (QED) is 0.550. The van der Waals surface area contributed by atoms with Gasteiger partial charge in [-0.3, -0.25) is 0 Å². The lowest BCUT2D eigenvalue weighted by Gasteiger charge is -2.00. The van der Waals surface area contributed by atoms with Gasteiger partial charge in [0.05, 0.1) is 13.7 Å². The zero-order valence-corrected chi connectivity index (χ0v) is 9.44. The average molecular weight is 209 g/mol. The van der Waals surface area contributed by atoms with Crippen LogP contribution in [0, 0.1) is 13.8 Å². The molecule has 0 atom stereocenters. The van der Waals surface area contributed by atoms with Crippen molar-refractivity contribution >= 4 is 5.97 Å². The van der Waals surface area contributed by atoms with E-state index in [9.17, 15) is 4.79 Å². The van der Waals surface area contributed by atoms with E-state index in [1.54, 1.807) is 17.7 Å². The smallest absolute Gasteiger partial charge is 0.333 e. The molecule has 15 heavy (non-hydrogen) atoms. The summed E-state index contributed by atoms with van der Waals surface area (Å²) in [5.74, 6) is 1.25. The van der Waals surface area contributed by atoms with Crippen LogP contribution in [0.25, 0.3) is 0 Å². The highest BCUT2D eigenvalue weighted by Gasteiger charge is 2.04. The van der Waals surface area contributed by atoms with Gasteiger partial charge in [-0.1, -0.05) is 6.08 Å². The lowest BCUT2D eigenvalue weighted by Crippen LogP contribution is -2.05. The summed E-state index contributed by atoms with van der Waals surface area (Å²) >= 11 is 0. The number of carbonyl (C=O) groups is 1. The van der Waals surface area contributed by atoms with Gasteiger partial charge in [0.1, 0.15) is 11.6 Å². The summed E-state index contributed by atoms with van der Waals surface area (Å²) in [5, 5.41) is 4.18. The second-order valence-corrected chi connectivity index (χ2v) is 3.27. The van der Waals surface area contributed by atoms with Gasteiger partial charge in [-0.05, 0) is 20.8 Å². The molecule has 0 radical (unpaired) electrons. The van der Waals surface area contributed by atoms with E-state index in [2.05, 4.69) is 14.8 Å². The van der Waals surface area contributed by atoms with Gasteiger partial charge in [0.25, 0.3) is 0 Å². The molecule has 0 spiro atoms. The minimum atomic E-state index is -0.315. The lowest BCUT2D eigenvalue weighted by molar-refractivity contribution is -0.136. The van der Waals surface area contributed by atoms with Gasteiger partial charge >= 0.3 is 5.97 Å². The van der Waals surface area contributed by atoms with Crippen molar-refractivity contribution < 1.29 is 9.53 Å². The fourth-order valence-electron chi connectivity index (χ4n) is 1.20. The van der Waals surface area contributed by atoms with E-state index in [1.807, 2.05) is 13.8 Å². The molecule has 82 valence electrons. The first-order chi connectivity index (χ1) is 7.04. The van der Waals surface area contributed by atoms with Crippen LogP contribution in [0.15, 0.2) is 11.6 Å². The Morgan fingerprint density at radius 3 is 2.67 bits per heavy atom. The summed E-state index contributed by atoms with van der Waals surface area (Å²) in [4.78, 5) is 15.2. The third-order valence-corrected chi connectivity index (χ3v) is 2.04. The number of methoxy groups -OCH3 is 1. The molecule has 0 saturated heterocycles. The first-order valence-corrected chi connectivity index (χ1v) is 4.67. The van der Waals surface area contributed by atoms with Crippen LogP contribution in [-0.2, 0) is 16.1 Å². The van der Waals surface area contributed by atoms with Crippen LogP contribution >= 0.6 is 0 Å². The van der Waals surface area contributed by atoms with E-state index >= 15 is 0 Å². The Morgan fingerprint density at radius 2 is 2.20 bits per heavy atom. The molecular weight excluding hydrogens is 194 g/mol. The van der Waals surface area contributed by atoms with Crippen molar-refractivity contribution in [3.8, 4) is 0 Å². The van der Waals surface area contributed by atoms with Gasteiger partial charge in [0.15, 0.2) is 0 Å². The predicted octanol–water partition coefficient (Wildman–Crippen LogP) is 1.01. The molecule has 0 fully saturated rings. The van der Waals surface area contributed by atoms with E-state index < -0.39 is 0 Å². The summed E-state index contributed by atoms with van der Waals surface area (Å²) in [5.41, 5.74) is 0.574. The maximum atomic E-state index is 11.1. The number of nitrogens with zero attached hydrogens (tertiary/aromatic N) is 3. The van der Waals surface area contributed by atoms with E-state index in [0.29, 0.717) is 12.1 Å². The summed E-state index contributed by atoms with van der Waals surface area (Å²) in [6.45, 7) is 5.96. The molecule has 5 nitrogen and oxygen atoms in total. The van der Waals surface area contributed by atoms with Gasteiger partial charge < -0.3 is 4.74 Å². The van der Waals surface area contributed by atoms with Crippen LogP contribution in [0.3, 0.4) is 0 Å². The van der Waals surface area contributed by atoms with Gasteiger partial charge in [0.2, 0.25) is 0 Å². The molecule has 0 aliphatic carbocycles. The summed E-state index contributed by atoms with van der Waals surface area (Å²) in [7, 11) is 1.37. The average Bonchev–Trinajstić information content (AvgIpc) is 2.52. The molecule has 0 bridgehead atoms. The summed E-state index contributed by atoms with van der Waals surface area (Å²) in [6.07, 6.45) is 1.77. The first-order valence-electron chi connectivity index (χ1n) is 4.67. The Kier molecular flexibility index (Phi) is 3.60. The van der Waals surface area contributed by atoms with Crippen molar-refractivity contribution in [1.82, 2.24) is 14.8 Å². The molecule has 0 aromatic carbocycles. The number of rotatable bonds is 3. The van der Waals surface area contributed by atoms with Gasteiger partial charge in [-0.25, -0.2) is 14.5 Å². The molecule has 1 rings (SSSR count). The van der Waals surface area contributed by atoms with Crippen LogP contribution in [-0.4, -0.2) is 27.8 Å².